The minimum absolute atomic E-state index is 0. The largest absolute Gasteiger partial charge is 0.493 e. The van der Waals surface area contributed by atoms with Crippen LogP contribution in [0.25, 0.3) is 0 Å². The summed E-state index contributed by atoms with van der Waals surface area (Å²) in [5.74, 6) is 2.16. The molecule has 0 saturated heterocycles. The van der Waals surface area contributed by atoms with Gasteiger partial charge in [0.15, 0.2) is 11.5 Å². The summed E-state index contributed by atoms with van der Waals surface area (Å²) < 4.78 is 21.6. The Bertz CT molecular complexity index is 653. The summed E-state index contributed by atoms with van der Waals surface area (Å²) in [6.07, 6.45) is 0.282. The Hall–Kier alpha value is -1.99. The van der Waals surface area contributed by atoms with Crippen LogP contribution in [0, 0.1) is 0 Å². The molecule has 0 aliphatic rings. The smallest absolute Gasteiger partial charge is 0.161 e. The lowest BCUT2D eigenvalue weighted by Crippen LogP contribution is -2.33. The minimum atomic E-state index is -0.593. The van der Waals surface area contributed by atoms with Crippen molar-refractivity contribution in [1.82, 2.24) is 5.32 Å². The Morgan fingerprint density at radius 3 is 2.32 bits per heavy atom. The molecule has 0 aromatic heterocycles. The molecule has 0 saturated carbocycles. The first-order chi connectivity index (χ1) is 13.2. The molecule has 0 aliphatic carbocycles. The Kier molecular flexibility index (Phi) is 12.1. The van der Waals surface area contributed by atoms with Crippen molar-refractivity contribution in [2.24, 2.45) is 0 Å². The van der Waals surface area contributed by atoms with Crippen molar-refractivity contribution < 1.29 is 24.1 Å². The molecule has 6 nitrogen and oxygen atoms in total. The molecule has 0 amide bonds. The number of rotatable bonds is 13. The van der Waals surface area contributed by atoms with Crippen LogP contribution in [0.2, 0.25) is 0 Å². The average Bonchev–Trinajstić information content (AvgIpc) is 2.71. The number of para-hydroxylation sites is 2. The number of aliphatic hydroxyl groups excluding tert-OH is 1. The van der Waals surface area contributed by atoms with Crippen LogP contribution < -0.4 is 19.5 Å². The number of methoxy groups -OCH3 is 2. The third-order valence-corrected chi connectivity index (χ3v) is 3.95. The molecule has 2 aromatic carbocycles. The molecule has 2 rings (SSSR count). The van der Waals surface area contributed by atoms with Crippen LogP contribution in [0.5, 0.6) is 17.2 Å². The van der Waals surface area contributed by atoms with Gasteiger partial charge in [0.05, 0.1) is 13.7 Å². The van der Waals surface area contributed by atoms with E-state index in [0.717, 1.165) is 12.2 Å². The van der Waals surface area contributed by atoms with Crippen molar-refractivity contribution in [2.75, 3.05) is 47.1 Å². The van der Waals surface area contributed by atoms with E-state index in [-0.39, 0.29) is 19.0 Å². The van der Waals surface area contributed by atoms with Gasteiger partial charge in [0.25, 0.3) is 0 Å². The molecule has 28 heavy (non-hydrogen) atoms. The summed E-state index contributed by atoms with van der Waals surface area (Å²) in [7, 11) is 3.31. The number of aliphatic hydroxyl groups is 1. The van der Waals surface area contributed by atoms with E-state index in [9.17, 15) is 5.11 Å². The number of hydrogen-bond acceptors (Lipinski definition) is 6. The van der Waals surface area contributed by atoms with Gasteiger partial charge >= 0.3 is 0 Å². The van der Waals surface area contributed by atoms with Crippen LogP contribution in [0.3, 0.4) is 0 Å². The first kappa shape index (κ1) is 24.0. The van der Waals surface area contributed by atoms with Crippen LogP contribution in [0.15, 0.2) is 48.5 Å². The topological polar surface area (TPSA) is 69.2 Å². The van der Waals surface area contributed by atoms with E-state index in [4.69, 9.17) is 18.9 Å². The van der Waals surface area contributed by atoms with Crippen LogP contribution >= 0.6 is 12.4 Å². The molecule has 156 valence electrons. The van der Waals surface area contributed by atoms with Crippen molar-refractivity contribution in [3.63, 3.8) is 0 Å². The van der Waals surface area contributed by atoms with E-state index in [2.05, 4.69) is 5.32 Å². The fraction of sp³-hybridized carbons (Fsp3) is 0.429. The fourth-order valence-corrected chi connectivity index (χ4v) is 2.46. The number of halogens is 1. The standard InChI is InChI=1S/C21H29NO5.ClH/c1-24-13-11-17-7-9-19(10-8-17)27-16-18(23)15-22-12-14-26-21-6-4-3-5-20(21)25-2;/h3-10,18,22-23H,11-16H2,1-2H3;1H. The van der Waals surface area contributed by atoms with Crippen LogP contribution in [0.4, 0.5) is 0 Å². The van der Waals surface area contributed by atoms with Gasteiger partial charge in [0, 0.05) is 20.2 Å². The molecule has 2 N–H and O–H groups in total. The van der Waals surface area contributed by atoms with Crippen LogP contribution in [0.1, 0.15) is 5.56 Å². The summed E-state index contributed by atoms with van der Waals surface area (Å²) >= 11 is 0. The molecule has 0 fully saturated rings. The van der Waals surface area contributed by atoms with Gasteiger partial charge in [-0.1, -0.05) is 24.3 Å². The minimum Gasteiger partial charge on any atom is -0.493 e. The van der Waals surface area contributed by atoms with Gasteiger partial charge in [-0.05, 0) is 36.2 Å². The van der Waals surface area contributed by atoms with Crippen LogP contribution in [-0.4, -0.2) is 58.3 Å². The van der Waals surface area contributed by atoms with Crippen molar-refractivity contribution in [3.8, 4) is 17.2 Å². The second kappa shape index (κ2) is 14.1. The van der Waals surface area contributed by atoms with Crippen molar-refractivity contribution in [3.05, 3.63) is 54.1 Å². The number of ether oxygens (including phenoxy) is 4. The fourth-order valence-electron chi connectivity index (χ4n) is 2.46. The lowest BCUT2D eigenvalue weighted by molar-refractivity contribution is 0.105. The molecule has 0 aliphatic heterocycles. The van der Waals surface area contributed by atoms with Gasteiger partial charge in [0.1, 0.15) is 25.1 Å². The van der Waals surface area contributed by atoms with Crippen LogP contribution in [-0.2, 0) is 11.2 Å². The summed E-state index contributed by atoms with van der Waals surface area (Å²) in [4.78, 5) is 0. The molecular weight excluding hydrogens is 382 g/mol. The maximum absolute atomic E-state index is 10.0. The molecule has 0 spiro atoms. The third kappa shape index (κ3) is 8.80. The summed E-state index contributed by atoms with van der Waals surface area (Å²) in [6, 6.07) is 15.3. The van der Waals surface area contributed by atoms with Gasteiger partial charge in [0.2, 0.25) is 0 Å². The Morgan fingerprint density at radius 1 is 0.929 bits per heavy atom. The Morgan fingerprint density at radius 2 is 1.64 bits per heavy atom. The van der Waals surface area contributed by atoms with E-state index in [1.165, 1.54) is 5.56 Å². The zero-order valence-corrected chi connectivity index (χ0v) is 17.2. The zero-order chi connectivity index (χ0) is 19.3. The van der Waals surface area contributed by atoms with Gasteiger partial charge < -0.3 is 29.4 Å². The third-order valence-electron chi connectivity index (χ3n) is 3.95. The lowest BCUT2D eigenvalue weighted by Gasteiger charge is -2.14. The predicted molar refractivity (Wildman–Crippen MR) is 112 cm³/mol. The lowest BCUT2D eigenvalue weighted by atomic mass is 10.1. The summed E-state index contributed by atoms with van der Waals surface area (Å²) in [5, 5.41) is 13.2. The highest BCUT2D eigenvalue weighted by molar-refractivity contribution is 5.85. The quantitative estimate of drug-likeness (QED) is 0.494. The normalized spacial score (nSPS) is 11.4. The Labute approximate surface area is 173 Å². The maximum Gasteiger partial charge on any atom is 0.161 e. The van der Waals surface area contributed by atoms with E-state index in [1.807, 2.05) is 48.5 Å². The van der Waals surface area contributed by atoms with Gasteiger partial charge in [-0.3, -0.25) is 0 Å². The maximum atomic E-state index is 10.0. The molecule has 2 aromatic rings. The molecule has 1 atom stereocenters. The van der Waals surface area contributed by atoms with E-state index < -0.39 is 6.10 Å². The predicted octanol–water partition coefficient (Wildman–Crippen LogP) is 2.71. The second-order valence-electron chi connectivity index (χ2n) is 6.06. The Balaban J connectivity index is 0.00000392. The van der Waals surface area contributed by atoms with E-state index >= 15 is 0 Å². The van der Waals surface area contributed by atoms with E-state index in [1.54, 1.807) is 14.2 Å². The summed E-state index contributed by atoms with van der Waals surface area (Å²) in [5.41, 5.74) is 1.20. The van der Waals surface area contributed by atoms with Crippen molar-refractivity contribution in [2.45, 2.75) is 12.5 Å². The SMILES string of the molecule is COCCc1ccc(OCC(O)CNCCOc2ccccc2OC)cc1.Cl. The number of hydrogen-bond donors (Lipinski definition) is 2. The highest BCUT2D eigenvalue weighted by atomic mass is 35.5. The zero-order valence-electron chi connectivity index (χ0n) is 16.4. The second-order valence-corrected chi connectivity index (χ2v) is 6.06. The van der Waals surface area contributed by atoms with Crippen molar-refractivity contribution in [1.29, 1.82) is 0 Å². The number of nitrogens with one attached hydrogen (secondary N) is 1. The molecule has 0 radical (unpaired) electrons. The van der Waals surface area contributed by atoms with Gasteiger partial charge in [-0.2, -0.15) is 0 Å². The summed E-state index contributed by atoms with van der Waals surface area (Å²) in [6.45, 7) is 2.46. The average molecular weight is 412 g/mol. The highest BCUT2D eigenvalue weighted by Crippen LogP contribution is 2.25. The molecular formula is C21H30ClNO5. The molecule has 7 heteroatoms. The first-order valence-corrected chi connectivity index (χ1v) is 9.08. The number of benzene rings is 2. The highest BCUT2D eigenvalue weighted by Gasteiger charge is 2.06. The molecule has 0 heterocycles. The van der Waals surface area contributed by atoms with Gasteiger partial charge in [-0.15, -0.1) is 12.4 Å². The van der Waals surface area contributed by atoms with Gasteiger partial charge in [-0.25, -0.2) is 0 Å². The van der Waals surface area contributed by atoms with Crippen molar-refractivity contribution >= 4 is 12.4 Å². The molecule has 1 unspecified atom stereocenters. The molecule has 0 bridgehead atoms. The first-order valence-electron chi connectivity index (χ1n) is 9.08. The monoisotopic (exact) mass is 411 g/mol. The van der Waals surface area contributed by atoms with E-state index in [0.29, 0.717) is 37.8 Å².